The highest BCUT2D eigenvalue weighted by atomic mass is 35.5. The minimum atomic E-state index is -0.353. The standard InChI is InChI=1S/C7H6Cl2NO/c1-3-4(8)2-5(10)7(11)6(3)9/h2H,10H2,1H3. The Labute approximate surface area is 74.5 Å². The fourth-order valence-corrected chi connectivity index (χ4v) is 1.18. The van der Waals surface area contributed by atoms with E-state index in [1.165, 1.54) is 6.07 Å². The Morgan fingerprint density at radius 2 is 2.00 bits per heavy atom. The zero-order valence-electron chi connectivity index (χ0n) is 5.82. The molecule has 59 valence electrons. The molecule has 0 atom stereocenters. The van der Waals surface area contributed by atoms with Crippen molar-refractivity contribution in [1.29, 1.82) is 0 Å². The summed E-state index contributed by atoms with van der Waals surface area (Å²) in [5.74, 6) is -0.353. The van der Waals surface area contributed by atoms with Gasteiger partial charge in [0.2, 0.25) is 5.75 Å². The number of halogens is 2. The summed E-state index contributed by atoms with van der Waals surface area (Å²) in [7, 11) is 0. The van der Waals surface area contributed by atoms with Crippen molar-refractivity contribution >= 4 is 28.9 Å². The maximum atomic E-state index is 11.0. The molecule has 1 aromatic carbocycles. The molecule has 0 aliphatic rings. The summed E-state index contributed by atoms with van der Waals surface area (Å²) in [6.45, 7) is 1.67. The molecule has 0 fully saturated rings. The smallest absolute Gasteiger partial charge is 0.220 e. The van der Waals surface area contributed by atoms with Crippen LogP contribution in [0.5, 0.6) is 5.75 Å². The predicted octanol–water partition coefficient (Wildman–Crippen LogP) is 3.03. The van der Waals surface area contributed by atoms with E-state index >= 15 is 0 Å². The van der Waals surface area contributed by atoms with Crippen molar-refractivity contribution in [2.75, 3.05) is 5.73 Å². The van der Waals surface area contributed by atoms with E-state index in [-0.39, 0.29) is 16.5 Å². The van der Waals surface area contributed by atoms with Gasteiger partial charge in [-0.1, -0.05) is 23.2 Å². The van der Waals surface area contributed by atoms with E-state index < -0.39 is 0 Å². The summed E-state index contributed by atoms with van der Waals surface area (Å²) in [4.78, 5) is 0. The van der Waals surface area contributed by atoms with E-state index in [0.29, 0.717) is 10.6 Å². The van der Waals surface area contributed by atoms with Crippen LogP contribution in [-0.4, -0.2) is 0 Å². The van der Waals surface area contributed by atoms with Crippen LogP contribution in [0.4, 0.5) is 5.69 Å². The first-order chi connectivity index (χ1) is 5.04. The monoisotopic (exact) mass is 190 g/mol. The highest BCUT2D eigenvalue weighted by molar-refractivity contribution is 6.37. The fraction of sp³-hybridized carbons (Fsp3) is 0.143. The van der Waals surface area contributed by atoms with Gasteiger partial charge < -0.3 is 5.73 Å². The summed E-state index contributed by atoms with van der Waals surface area (Å²) >= 11 is 11.3. The molecule has 0 aromatic heterocycles. The van der Waals surface area contributed by atoms with E-state index in [1.807, 2.05) is 0 Å². The van der Waals surface area contributed by atoms with Crippen molar-refractivity contribution in [3.63, 3.8) is 0 Å². The number of benzene rings is 1. The number of hydrogen-bond acceptors (Lipinski definition) is 1. The molecule has 0 aliphatic heterocycles. The maximum Gasteiger partial charge on any atom is 0.220 e. The van der Waals surface area contributed by atoms with Crippen LogP contribution in [0.15, 0.2) is 6.07 Å². The second-order valence-corrected chi connectivity index (χ2v) is 3.00. The Hall–Kier alpha value is -0.600. The molecule has 0 unspecified atom stereocenters. The zero-order valence-corrected chi connectivity index (χ0v) is 7.33. The van der Waals surface area contributed by atoms with Gasteiger partial charge in [0.25, 0.3) is 0 Å². The summed E-state index contributed by atoms with van der Waals surface area (Å²) < 4.78 is 0. The first-order valence-electron chi connectivity index (χ1n) is 2.95. The molecule has 2 N–H and O–H groups in total. The molecule has 0 saturated carbocycles. The molecule has 0 bridgehead atoms. The van der Waals surface area contributed by atoms with Crippen molar-refractivity contribution in [3.05, 3.63) is 21.7 Å². The molecule has 11 heavy (non-hydrogen) atoms. The molecular weight excluding hydrogens is 185 g/mol. The Morgan fingerprint density at radius 1 is 1.45 bits per heavy atom. The van der Waals surface area contributed by atoms with Gasteiger partial charge in [-0.2, -0.15) is 0 Å². The topological polar surface area (TPSA) is 45.9 Å². The van der Waals surface area contributed by atoms with Gasteiger partial charge in [-0.25, -0.2) is 0 Å². The molecule has 0 aliphatic carbocycles. The third-order valence-corrected chi connectivity index (χ3v) is 2.28. The van der Waals surface area contributed by atoms with Crippen LogP contribution >= 0.6 is 23.2 Å². The number of anilines is 1. The number of rotatable bonds is 0. The highest BCUT2D eigenvalue weighted by Gasteiger charge is 2.11. The Kier molecular flexibility index (Phi) is 2.16. The molecule has 2 nitrogen and oxygen atoms in total. The van der Waals surface area contributed by atoms with Gasteiger partial charge in [-0.3, -0.25) is 5.11 Å². The molecular formula is C7H6Cl2NO. The lowest BCUT2D eigenvalue weighted by Gasteiger charge is -2.03. The molecule has 0 spiro atoms. The van der Waals surface area contributed by atoms with Gasteiger partial charge in [0.05, 0.1) is 10.7 Å². The van der Waals surface area contributed by atoms with Gasteiger partial charge in [0, 0.05) is 5.02 Å². The van der Waals surface area contributed by atoms with Crippen LogP contribution in [0, 0.1) is 6.92 Å². The van der Waals surface area contributed by atoms with E-state index in [0.717, 1.165) is 0 Å². The van der Waals surface area contributed by atoms with E-state index in [1.54, 1.807) is 6.92 Å². The van der Waals surface area contributed by atoms with E-state index in [4.69, 9.17) is 28.9 Å². The normalized spacial score (nSPS) is 10.1. The average molecular weight is 191 g/mol. The largest absolute Gasteiger partial charge is 0.395 e. The second-order valence-electron chi connectivity index (χ2n) is 2.22. The molecule has 1 aromatic rings. The van der Waals surface area contributed by atoms with Crippen molar-refractivity contribution in [3.8, 4) is 5.75 Å². The van der Waals surface area contributed by atoms with Gasteiger partial charge >= 0.3 is 0 Å². The molecule has 1 radical (unpaired) electrons. The predicted molar refractivity (Wildman–Crippen MR) is 45.7 cm³/mol. The first kappa shape index (κ1) is 8.50. The summed E-state index contributed by atoms with van der Waals surface area (Å²) in [5.41, 5.74) is 5.97. The van der Waals surface area contributed by atoms with Gasteiger partial charge in [0.1, 0.15) is 0 Å². The third kappa shape index (κ3) is 1.37. The number of hydrogen-bond donors (Lipinski definition) is 1. The van der Waals surface area contributed by atoms with Gasteiger partial charge in [0.15, 0.2) is 0 Å². The van der Waals surface area contributed by atoms with Crippen molar-refractivity contribution < 1.29 is 5.11 Å². The van der Waals surface area contributed by atoms with Crippen LogP contribution in [0.1, 0.15) is 5.56 Å². The summed E-state index contributed by atoms with van der Waals surface area (Å²) in [6.07, 6.45) is 0. The fourth-order valence-electron chi connectivity index (χ4n) is 0.712. The van der Waals surface area contributed by atoms with Gasteiger partial charge in [-0.05, 0) is 18.6 Å². The quantitative estimate of drug-likeness (QED) is 0.629. The van der Waals surface area contributed by atoms with Crippen LogP contribution in [0.2, 0.25) is 10.0 Å². The zero-order chi connectivity index (χ0) is 8.59. The lowest BCUT2D eigenvalue weighted by Crippen LogP contribution is -1.88. The minimum Gasteiger partial charge on any atom is -0.395 e. The highest BCUT2D eigenvalue weighted by Crippen LogP contribution is 2.37. The molecule has 0 heterocycles. The molecule has 0 amide bonds. The SMILES string of the molecule is Cc1c(Cl)cc(N)c([O])c1Cl. The summed E-state index contributed by atoms with van der Waals surface area (Å²) in [5, 5.41) is 11.6. The van der Waals surface area contributed by atoms with Crippen LogP contribution < -0.4 is 5.73 Å². The lowest BCUT2D eigenvalue weighted by atomic mass is 10.2. The molecule has 4 heteroatoms. The second kappa shape index (κ2) is 2.80. The number of nitrogen functional groups attached to an aromatic ring is 1. The van der Waals surface area contributed by atoms with E-state index in [9.17, 15) is 5.11 Å². The van der Waals surface area contributed by atoms with Crippen molar-refractivity contribution in [1.82, 2.24) is 0 Å². The minimum absolute atomic E-state index is 0.0885. The Morgan fingerprint density at radius 3 is 2.55 bits per heavy atom. The van der Waals surface area contributed by atoms with Crippen molar-refractivity contribution in [2.45, 2.75) is 6.92 Å². The number of nitrogens with two attached hydrogens (primary N) is 1. The van der Waals surface area contributed by atoms with Crippen molar-refractivity contribution in [2.24, 2.45) is 0 Å². The Balaban J connectivity index is 3.46. The average Bonchev–Trinajstić information content (AvgIpc) is 1.97. The summed E-state index contributed by atoms with van der Waals surface area (Å²) in [6, 6.07) is 1.41. The van der Waals surface area contributed by atoms with Crippen LogP contribution in [0.25, 0.3) is 0 Å². The van der Waals surface area contributed by atoms with Crippen LogP contribution in [-0.2, 0) is 5.11 Å². The molecule has 0 saturated heterocycles. The first-order valence-corrected chi connectivity index (χ1v) is 3.70. The lowest BCUT2D eigenvalue weighted by molar-refractivity contribution is 0.357. The van der Waals surface area contributed by atoms with Crippen LogP contribution in [0.3, 0.4) is 0 Å². The van der Waals surface area contributed by atoms with E-state index in [2.05, 4.69) is 0 Å². The third-order valence-electron chi connectivity index (χ3n) is 1.43. The van der Waals surface area contributed by atoms with Gasteiger partial charge in [-0.15, -0.1) is 0 Å². The Bertz CT molecular complexity index is 273. The molecule has 1 rings (SSSR count). The maximum absolute atomic E-state index is 11.0.